The Hall–Kier alpha value is -0.660. The summed E-state index contributed by atoms with van der Waals surface area (Å²) >= 11 is 8.13. The number of nitrogens with two attached hydrogens (primary N) is 1. The van der Waals surface area contributed by atoms with Crippen LogP contribution in [0.25, 0.3) is 0 Å². The summed E-state index contributed by atoms with van der Waals surface area (Å²) in [7, 11) is -3.32. The first-order chi connectivity index (χ1) is 7.35. The minimum atomic E-state index is -3.32. The molecule has 0 unspecified atom stereocenters. The number of anilines is 1. The lowest BCUT2D eigenvalue weighted by atomic mass is 10.2. The third-order valence-electron chi connectivity index (χ3n) is 1.89. The molecule has 0 saturated carbocycles. The maximum absolute atomic E-state index is 11.4. The van der Waals surface area contributed by atoms with Crippen molar-refractivity contribution in [2.24, 2.45) is 5.73 Å². The van der Waals surface area contributed by atoms with E-state index in [-0.39, 0.29) is 10.7 Å². The molecule has 7 heteroatoms. The van der Waals surface area contributed by atoms with Gasteiger partial charge in [-0.05, 0) is 25.1 Å². The van der Waals surface area contributed by atoms with Crippen molar-refractivity contribution < 1.29 is 8.42 Å². The smallest absolute Gasteiger partial charge is 0.232 e. The van der Waals surface area contributed by atoms with Crippen molar-refractivity contribution in [3.8, 4) is 0 Å². The standard InChI is InChI=1S/C9H11BrN2O2S2/c1-2-16(13,14)12-8-4-3-6(10)5-7(8)9(11)15/h3-5,12H,2H2,1H3,(H2,11,15). The lowest BCUT2D eigenvalue weighted by molar-refractivity contribution is 0.602. The van der Waals surface area contributed by atoms with Crippen LogP contribution < -0.4 is 10.5 Å². The minimum absolute atomic E-state index is 0.000161. The SMILES string of the molecule is CCS(=O)(=O)Nc1ccc(Br)cc1C(N)=S. The Morgan fingerprint density at radius 2 is 2.19 bits per heavy atom. The molecule has 0 amide bonds. The van der Waals surface area contributed by atoms with Crippen molar-refractivity contribution in [3.63, 3.8) is 0 Å². The van der Waals surface area contributed by atoms with E-state index in [0.29, 0.717) is 11.3 Å². The van der Waals surface area contributed by atoms with Gasteiger partial charge >= 0.3 is 0 Å². The summed E-state index contributed by atoms with van der Waals surface area (Å²) in [5.41, 5.74) is 6.42. The molecule has 0 atom stereocenters. The minimum Gasteiger partial charge on any atom is -0.389 e. The molecule has 0 spiro atoms. The monoisotopic (exact) mass is 322 g/mol. The Morgan fingerprint density at radius 3 is 2.69 bits per heavy atom. The molecule has 0 aliphatic rings. The fourth-order valence-corrected chi connectivity index (χ4v) is 2.24. The molecule has 0 aliphatic carbocycles. The number of sulfonamides is 1. The van der Waals surface area contributed by atoms with Crippen molar-refractivity contribution in [3.05, 3.63) is 28.2 Å². The molecule has 16 heavy (non-hydrogen) atoms. The highest BCUT2D eigenvalue weighted by atomic mass is 79.9. The topological polar surface area (TPSA) is 72.2 Å². The molecule has 0 fully saturated rings. The molecule has 88 valence electrons. The highest BCUT2D eigenvalue weighted by molar-refractivity contribution is 9.10. The summed E-state index contributed by atoms with van der Waals surface area (Å²) < 4.78 is 26.1. The van der Waals surface area contributed by atoms with Crippen LogP contribution >= 0.6 is 28.1 Å². The third-order valence-corrected chi connectivity index (χ3v) is 3.90. The fraction of sp³-hybridized carbons (Fsp3) is 0.222. The molecule has 0 heterocycles. The predicted molar refractivity (Wildman–Crippen MR) is 73.1 cm³/mol. The van der Waals surface area contributed by atoms with E-state index >= 15 is 0 Å². The molecular weight excluding hydrogens is 312 g/mol. The van der Waals surface area contributed by atoms with Crippen LogP contribution in [-0.4, -0.2) is 19.2 Å². The number of hydrogen-bond acceptors (Lipinski definition) is 3. The summed E-state index contributed by atoms with van der Waals surface area (Å²) in [6, 6.07) is 5.01. The van der Waals surface area contributed by atoms with Crippen LogP contribution in [0, 0.1) is 0 Å². The molecular formula is C9H11BrN2O2S2. The van der Waals surface area contributed by atoms with E-state index in [9.17, 15) is 8.42 Å². The average molecular weight is 323 g/mol. The molecule has 0 bridgehead atoms. The van der Waals surface area contributed by atoms with Gasteiger partial charge in [0.25, 0.3) is 0 Å². The van der Waals surface area contributed by atoms with E-state index in [2.05, 4.69) is 20.7 Å². The Bertz CT molecular complexity index is 514. The molecule has 1 aromatic carbocycles. The zero-order chi connectivity index (χ0) is 12.3. The van der Waals surface area contributed by atoms with Crippen LogP contribution in [0.2, 0.25) is 0 Å². The van der Waals surface area contributed by atoms with E-state index in [1.807, 2.05) is 0 Å². The predicted octanol–water partition coefficient (Wildman–Crippen LogP) is 1.84. The van der Waals surface area contributed by atoms with Crippen molar-refractivity contribution in [1.29, 1.82) is 0 Å². The summed E-state index contributed by atoms with van der Waals surface area (Å²) in [5.74, 6) is -0.000161. The molecule has 1 aromatic rings. The number of rotatable bonds is 4. The fourth-order valence-electron chi connectivity index (χ4n) is 1.05. The second-order valence-corrected chi connectivity index (χ2v) is 6.43. The Labute approximate surface area is 108 Å². The Morgan fingerprint density at radius 1 is 1.56 bits per heavy atom. The van der Waals surface area contributed by atoms with Gasteiger partial charge in [-0.1, -0.05) is 28.1 Å². The molecule has 4 nitrogen and oxygen atoms in total. The summed E-state index contributed by atoms with van der Waals surface area (Å²) in [6.45, 7) is 1.56. The molecule has 0 saturated heterocycles. The van der Waals surface area contributed by atoms with Crippen LogP contribution in [-0.2, 0) is 10.0 Å². The van der Waals surface area contributed by atoms with Crippen molar-refractivity contribution in [2.75, 3.05) is 10.5 Å². The van der Waals surface area contributed by atoms with Crippen LogP contribution in [0.5, 0.6) is 0 Å². The number of halogens is 1. The molecule has 0 aliphatic heterocycles. The van der Waals surface area contributed by atoms with Gasteiger partial charge in [-0.3, -0.25) is 4.72 Å². The van der Waals surface area contributed by atoms with E-state index in [4.69, 9.17) is 18.0 Å². The number of nitrogens with one attached hydrogen (secondary N) is 1. The summed E-state index contributed by atoms with van der Waals surface area (Å²) in [6.07, 6.45) is 0. The van der Waals surface area contributed by atoms with Gasteiger partial charge in [0.05, 0.1) is 11.4 Å². The van der Waals surface area contributed by atoms with Crippen molar-refractivity contribution in [1.82, 2.24) is 0 Å². The van der Waals surface area contributed by atoms with E-state index < -0.39 is 10.0 Å². The Kier molecular flexibility index (Phi) is 4.28. The van der Waals surface area contributed by atoms with Gasteiger partial charge in [-0.25, -0.2) is 8.42 Å². The van der Waals surface area contributed by atoms with Crippen LogP contribution in [0.3, 0.4) is 0 Å². The quantitative estimate of drug-likeness (QED) is 0.830. The van der Waals surface area contributed by atoms with Gasteiger partial charge in [0.15, 0.2) is 0 Å². The normalized spacial score (nSPS) is 11.1. The van der Waals surface area contributed by atoms with E-state index in [0.717, 1.165) is 4.47 Å². The van der Waals surface area contributed by atoms with Gasteiger partial charge in [-0.2, -0.15) is 0 Å². The summed E-state index contributed by atoms with van der Waals surface area (Å²) in [5, 5.41) is 0. The summed E-state index contributed by atoms with van der Waals surface area (Å²) in [4.78, 5) is 0.148. The van der Waals surface area contributed by atoms with Crippen molar-refractivity contribution in [2.45, 2.75) is 6.92 Å². The highest BCUT2D eigenvalue weighted by Gasteiger charge is 2.12. The van der Waals surface area contributed by atoms with Crippen LogP contribution in [0.1, 0.15) is 12.5 Å². The zero-order valence-corrected chi connectivity index (χ0v) is 11.7. The van der Waals surface area contributed by atoms with Crippen molar-refractivity contribution >= 4 is 48.8 Å². The van der Waals surface area contributed by atoms with E-state index in [1.165, 1.54) is 0 Å². The van der Waals surface area contributed by atoms with Crippen LogP contribution in [0.4, 0.5) is 5.69 Å². The third kappa shape index (κ3) is 3.43. The van der Waals surface area contributed by atoms with Gasteiger partial charge in [0, 0.05) is 10.0 Å². The molecule has 3 N–H and O–H groups in total. The average Bonchev–Trinajstić information content (AvgIpc) is 2.20. The number of hydrogen-bond donors (Lipinski definition) is 2. The number of thiocarbonyl (C=S) groups is 1. The molecule has 0 aromatic heterocycles. The lowest BCUT2D eigenvalue weighted by Gasteiger charge is -2.11. The second-order valence-electron chi connectivity index (χ2n) is 3.06. The van der Waals surface area contributed by atoms with Crippen LogP contribution in [0.15, 0.2) is 22.7 Å². The maximum Gasteiger partial charge on any atom is 0.232 e. The zero-order valence-electron chi connectivity index (χ0n) is 8.53. The first kappa shape index (κ1) is 13.4. The second kappa shape index (κ2) is 5.11. The molecule has 0 radical (unpaired) electrons. The van der Waals surface area contributed by atoms with Gasteiger partial charge < -0.3 is 5.73 Å². The highest BCUT2D eigenvalue weighted by Crippen LogP contribution is 2.22. The van der Waals surface area contributed by atoms with Gasteiger partial charge in [0.2, 0.25) is 10.0 Å². The lowest BCUT2D eigenvalue weighted by Crippen LogP contribution is -2.19. The first-order valence-corrected chi connectivity index (χ1v) is 7.31. The molecule has 1 rings (SSSR count). The largest absolute Gasteiger partial charge is 0.389 e. The van der Waals surface area contributed by atoms with Gasteiger partial charge in [0.1, 0.15) is 4.99 Å². The maximum atomic E-state index is 11.4. The van der Waals surface area contributed by atoms with Gasteiger partial charge in [-0.15, -0.1) is 0 Å². The Balaban J connectivity index is 3.19. The van der Waals surface area contributed by atoms with E-state index in [1.54, 1.807) is 25.1 Å². The number of benzene rings is 1. The first-order valence-electron chi connectivity index (χ1n) is 4.45.